The van der Waals surface area contributed by atoms with Crippen molar-refractivity contribution in [3.63, 3.8) is 0 Å². The number of ether oxygens (including phenoxy) is 1. The third-order valence-corrected chi connectivity index (χ3v) is 3.10. The Morgan fingerprint density at radius 1 is 1.43 bits per heavy atom. The maximum atomic E-state index is 5.80. The van der Waals surface area contributed by atoms with Crippen LogP contribution in [0.1, 0.15) is 20.3 Å². The molecular weight excluding hydrogens is 176 g/mol. The van der Waals surface area contributed by atoms with Crippen molar-refractivity contribution in [1.82, 2.24) is 10.2 Å². The Kier molecular flexibility index (Phi) is 3.10. The van der Waals surface area contributed by atoms with Crippen molar-refractivity contribution in [3.05, 3.63) is 0 Å². The van der Waals surface area contributed by atoms with Crippen LogP contribution in [0.2, 0.25) is 0 Å². The van der Waals surface area contributed by atoms with Crippen molar-refractivity contribution in [3.8, 4) is 0 Å². The SMILES string of the molecule is CC1(C)CN(CC2CNC2)CCCO1. The first kappa shape index (κ1) is 10.4. The van der Waals surface area contributed by atoms with Gasteiger partial charge in [-0.25, -0.2) is 0 Å². The molecule has 14 heavy (non-hydrogen) atoms. The molecule has 2 heterocycles. The van der Waals surface area contributed by atoms with E-state index in [0.717, 1.165) is 19.1 Å². The van der Waals surface area contributed by atoms with Gasteiger partial charge in [0, 0.05) is 39.3 Å². The Labute approximate surface area is 86.8 Å². The van der Waals surface area contributed by atoms with E-state index in [1.807, 2.05) is 0 Å². The molecule has 82 valence electrons. The van der Waals surface area contributed by atoms with Gasteiger partial charge in [-0.05, 0) is 26.2 Å². The smallest absolute Gasteiger partial charge is 0.0752 e. The van der Waals surface area contributed by atoms with E-state index in [4.69, 9.17) is 4.74 Å². The maximum absolute atomic E-state index is 5.80. The predicted octanol–water partition coefficient (Wildman–Crippen LogP) is 0.707. The number of nitrogens with zero attached hydrogens (tertiary/aromatic N) is 1. The van der Waals surface area contributed by atoms with Crippen LogP contribution in [0.5, 0.6) is 0 Å². The Morgan fingerprint density at radius 3 is 2.86 bits per heavy atom. The molecule has 0 radical (unpaired) electrons. The molecule has 2 saturated heterocycles. The highest BCUT2D eigenvalue weighted by molar-refractivity contribution is 4.83. The zero-order valence-electron chi connectivity index (χ0n) is 9.38. The summed E-state index contributed by atoms with van der Waals surface area (Å²) in [6.07, 6.45) is 1.18. The average Bonchev–Trinajstić information content (AvgIpc) is 2.19. The molecule has 0 amide bonds. The largest absolute Gasteiger partial charge is 0.374 e. The summed E-state index contributed by atoms with van der Waals surface area (Å²) in [5, 5.41) is 3.33. The van der Waals surface area contributed by atoms with Crippen molar-refractivity contribution in [2.45, 2.75) is 25.9 Å². The third-order valence-electron chi connectivity index (χ3n) is 3.10. The number of hydrogen-bond donors (Lipinski definition) is 1. The molecule has 0 aliphatic carbocycles. The minimum atomic E-state index is 0.0493. The molecule has 0 saturated carbocycles. The van der Waals surface area contributed by atoms with Crippen molar-refractivity contribution in [2.24, 2.45) is 5.92 Å². The molecule has 0 aromatic heterocycles. The van der Waals surface area contributed by atoms with Crippen LogP contribution in [0.4, 0.5) is 0 Å². The van der Waals surface area contributed by atoms with Gasteiger partial charge in [0.05, 0.1) is 5.60 Å². The first-order chi connectivity index (χ1) is 6.66. The van der Waals surface area contributed by atoms with E-state index in [9.17, 15) is 0 Å². The molecule has 0 unspecified atom stereocenters. The molecule has 0 bridgehead atoms. The van der Waals surface area contributed by atoms with E-state index in [1.165, 1.54) is 32.6 Å². The monoisotopic (exact) mass is 198 g/mol. The minimum absolute atomic E-state index is 0.0493. The summed E-state index contributed by atoms with van der Waals surface area (Å²) in [5.41, 5.74) is 0.0493. The second-order valence-corrected chi connectivity index (χ2v) is 5.22. The Morgan fingerprint density at radius 2 is 2.21 bits per heavy atom. The lowest BCUT2D eigenvalue weighted by Gasteiger charge is -2.35. The van der Waals surface area contributed by atoms with Crippen LogP contribution < -0.4 is 5.32 Å². The molecule has 3 nitrogen and oxygen atoms in total. The van der Waals surface area contributed by atoms with Gasteiger partial charge in [-0.2, -0.15) is 0 Å². The zero-order chi connectivity index (χ0) is 10.0. The van der Waals surface area contributed by atoms with Crippen molar-refractivity contribution in [2.75, 3.05) is 39.3 Å². The van der Waals surface area contributed by atoms with Crippen LogP contribution in [-0.2, 0) is 4.74 Å². The highest BCUT2D eigenvalue weighted by atomic mass is 16.5. The molecular formula is C11H22N2O. The normalized spacial score (nSPS) is 29.6. The topological polar surface area (TPSA) is 24.5 Å². The van der Waals surface area contributed by atoms with Gasteiger partial charge < -0.3 is 15.0 Å². The third kappa shape index (κ3) is 2.69. The van der Waals surface area contributed by atoms with Crippen molar-refractivity contribution < 1.29 is 4.74 Å². The lowest BCUT2D eigenvalue weighted by atomic mass is 10.0. The van der Waals surface area contributed by atoms with Gasteiger partial charge in [0.15, 0.2) is 0 Å². The van der Waals surface area contributed by atoms with Crippen LogP contribution in [0, 0.1) is 5.92 Å². The molecule has 0 aromatic carbocycles. The Bertz CT molecular complexity index is 190. The van der Waals surface area contributed by atoms with Crippen LogP contribution in [0.25, 0.3) is 0 Å². The van der Waals surface area contributed by atoms with Crippen LogP contribution >= 0.6 is 0 Å². The maximum Gasteiger partial charge on any atom is 0.0752 e. The average molecular weight is 198 g/mol. The lowest BCUT2D eigenvalue weighted by Crippen LogP contribution is -2.50. The molecule has 2 aliphatic rings. The highest BCUT2D eigenvalue weighted by Gasteiger charge is 2.28. The van der Waals surface area contributed by atoms with Gasteiger partial charge in [0.25, 0.3) is 0 Å². The fourth-order valence-electron chi connectivity index (χ4n) is 2.30. The van der Waals surface area contributed by atoms with E-state index in [2.05, 4.69) is 24.1 Å². The number of rotatable bonds is 2. The fraction of sp³-hybridized carbons (Fsp3) is 1.00. The van der Waals surface area contributed by atoms with E-state index in [-0.39, 0.29) is 5.60 Å². The minimum Gasteiger partial charge on any atom is -0.374 e. The van der Waals surface area contributed by atoms with Gasteiger partial charge >= 0.3 is 0 Å². The van der Waals surface area contributed by atoms with E-state index in [0.29, 0.717) is 0 Å². The van der Waals surface area contributed by atoms with E-state index in [1.54, 1.807) is 0 Å². The summed E-state index contributed by atoms with van der Waals surface area (Å²) in [4.78, 5) is 2.57. The Balaban J connectivity index is 1.83. The highest BCUT2D eigenvalue weighted by Crippen LogP contribution is 2.18. The molecule has 2 aliphatic heterocycles. The molecule has 2 fully saturated rings. The van der Waals surface area contributed by atoms with Crippen LogP contribution in [0.3, 0.4) is 0 Å². The quantitative estimate of drug-likeness (QED) is 0.707. The van der Waals surface area contributed by atoms with Crippen molar-refractivity contribution >= 4 is 0 Å². The number of nitrogens with one attached hydrogen (secondary N) is 1. The van der Waals surface area contributed by atoms with Gasteiger partial charge in [0.1, 0.15) is 0 Å². The number of hydrogen-bond acceptors (Lipinski definition) is 3. The van der Waals surface area contributed by atoms with E-state index >= 15 is 0 Å². The van der Waals surface area contributed by atoms with Crippen molar-refractivity contribution in [1.29, 1.82) is 0 Å². The van der Waals surface area contributed by atoms with E-state index < -0.39 is 0 Å². The first-order valence-corrected chi connectivity index (χ1v) is 5.73. The first-order valence-electron chi connectivity index (χ1n) is 5.73. The predicted molar refractivity (Wildman–Crippen MR) is 57.4 cm³/mol. The summed E-state index contributed by atoms with van der Waals surface area (Å²) >= 11 is 0. The summed E-state index contributed by atoms with van der Waals surface area (Å²) < 4.78 is 5.80. The molecule has 2 rings (SSSR count). The molecule has 0 aromatic rings. The summed E-state index contributed by atoms with van der Waals surface area (Å²) in [6, 6.07) is 0. The standard InChI is InChI=1S/C11H22N2O/c1-11(2)9-13(4-3-5-14-11)8-10-6-12-7-10/h10,12H,3-9H2,1-2H3. The zero-order valence-corrected chi connectivity index (χ0v) is 9.38. The molecule has 3 heteroatoms. The molecule has 0 spiro atoms. The Hall–Kier alpha value is -0.120. The van der Waals surface area contributed by atoms with Gasteiger partial charge in [0.2, 0.25) is 0 Å². The second-order valence-electron chi connectivity index (χ2n) is 5.22. The van der Waals surface area contributed by atoms with Gasteiger partial charge in [-0.15, -0.1) is 0 Å². The molecule has 1 N–H and O–H groups in total. The fourth-order valence-corrected chi connectivity index (χ4v) is 2.30. The molecule has 0 atom stereocenters. The van der Waals surface area contributed by atoms with Gasteiger partial charge in [-0.3, -0.25) is 0 Å². The van der Waals surface area contributed by atoms with Gasteiger partial charge in [-0.1, -0.05) is 0 Å². The van der Waals surface area contributed by atoms with Crippen LogP contribution in [-0.4, -0.2) is 49.8 Å². The summed E-state index contributed by atoms with van der Waals surface area (Å²) in [7, 11) is 0. The summed E-state index contributed by atoms with van der Waals surface area (Å²) in [6.45, 7) is 11.3. The summed E-state index contributed by atoms with van der Waals surface area (Å²) in [5.74, 6) is 0.879. The second kappa shape index (κ2) is 4.17. The lowest BCUT2D eigenvalue weighted by molar-refractivity contribution is -0.0194. The van der Waals surface area contributed by atoms with Crippen LogP contribution in [0.15, 0.2) is 0 Å².